The summed E-state index contributed by atoms with van der Waals surface area (Å²) < 4.78 is 13.2. The van der Waals surface area contributed by atoms with Crippen molar-refractivity contribution in [1.82, 2.24) is 10.2 Å². The molecule has 4 rings (SSSR count). The SMILES string of the molecule is CC(=O)N1CCC(NCC2CC2)=C(C(N)=Nc2cccc(-c3ccc(F)cc3)c2)C1. The van der Waals surface area contributed by atoms with E-state index in [1.54, 1.807) is 24.0 Å². The van der Waals surface area contributed by atoms with Gasteiger partial charge in [0.1, 0.15) is 11.7 Å². The van der Waals surface area contributed by atoms with Crippen LogP contribution in [-0.4, -0.2) is 36.3 Å². The van der Waals surface area contributed by atoms with E-state index >= 15 is 0 Å². The van der Waals surface area contributed by atoms with Crippen molar-refractivity contribution in [2.24, 2.45) is 16.6 Å². The van der Waals surface area contributed by atoms with Crippen LogP contribution in [0.25, 0.3) is 11.1 Å². The number of nitrogens with two attached hydrogens (primary N) is 1. The molecule has 2 aliphatic rings. The summed E-state index contributed by atoms with van der Waals surface area (Å²) in [7, 11) is 0. The molecule has 5 nitrogen and oxygen atoms in total. The number of hydrogen-bond donors (Lipinski definition) is 2. The van der Waals surface area contributed by atoms with Crippen LogP contribution in [0.2, 0.25) is 0 Å². The van der Waals surface area contributed by atoms with Gasteiger partial charge in [-0.3, -0.25) is 4.79 Å². The van der Waals surface area contributed by atoms with E-state index in [-0.39, 0.29) is 11.7 Å². The lowest BCUT2D eigenvalue weighted by Gasteiger charge is -2.30. The minimum Gasteiger partial charge on any atom is -0.388 e. The predicted molar refractivity (Wildman–Crippen MR) is 118 cm³/mol. The van der Waals surface area contributed by atoms with Gasteiger partial charge in [0.15, 0.2) is 0 Å². The number of rotatable bonds is 6. The molecule has 2 aromatic rings. The Labute approximate surface area is 176 Å². The zero-order chi connectivity index (χ0) is 21.1. The summed E-state index contributed by atoms with van der Waals surface area (Å²) in [5.41, 5.74) is 11.0. The summed E-state index contributed by atoms with van der Waals surface area (Å²) in [4.78, 5) is 18.4. The van der Waals surface area contributed by atoms with Crippen LogP contribution < -0.4 is 11.1 Å². The van der Waals surface area contributed by atoms with Gasteiger partial charge < -0.3 is 16.0 Å². The summed E-state index contributed by atoms with van der Waals surface area (Å²) in [6.45, 7) is 3.69. The van der Waals surface area contributed by atoms with Gasteiger partial charge in [-0.05, 0) is 54.2 Å². The van der Waals surface area contributed by atoms with Crippen molar-refractivity contribution in [1.29, 1.82) is 0 Å². The third kappa shape index (κ3) is 4.87. The Kier molecular flexibility index (Phi) is 5.84. The monoisotopic (exact) mass is 406 g/mol. The molecule has 30 heavy (non-hydrogen) atoms. The highest BCUT2D eigenvalue weighted by Gasteiger charge is 2.26. The second-order valence-corrected chi connectivity index (χ2v) is 8.03. The number of aliphatic imine (C=N–C) groups is 1. The molecular formula is C24H27FN4O. The van der Waals surface area contributed by atoms with Crippen molar-refractivity contribution in [2.45, 2.75) is 26.2 Å². The number of hydrogen-bond acceptors (Lipinski definition) is 3. The topological polar surface area (TPSA) is 70.7 Å². The Hall–Kier alpha value is -3.15. The second-order valence-electron chi connectivity index (χ2n) is 8.03. The Bertz CT molecular complexity index is 993. The Morgan fingerprint density at radius 2 is 1.97 bits per heavy atom. The van der Waals surface area contributed by atoms with Crippen LogP contribution in [0.3, 0.4) is 0 Å². The van der Waals surface area contributed by atoms with Gasteiger partial charge in [-0.15, -0.1) is 0 Å². The van der Waals surface area contributed by atoms with Gasteiger partial charge in [0, 0.05) is 37.7 Å². The molecule has 0 saturated heterocycles. The Morgan fingerprint density at radius 3 is 2.67 bits per heavy atom. The van der Waals surface area contributed by atoms with E-state index in [2.05, 4.69) is 10.3 Å². The lowest BCUT2D eigenvalue weighted by Crippen LogP contribution is -2.41. The quantitative estimate of drug-likeness (QED) is 0.563. The molecule has 1 aliphatic carbocycles. The van der Waals surface area contributed by atoms with Crippen LogP contribution in [0, 0.1) is 11.7 Å². The van der Waals surface area contributed by atoms with Crippen molar-refractivity contribution in [3.05, 3.63) is 65.6 Å². The smallest absolute Gasteiger partial charge is 0.219 e. The standard InChI is InChI=1S/C24H27FN4O/c1-16(30)29-12-11-23(27-14-17-5-6-17)22(15-29)24(26)28-21-4-2-3-19(13-21)18-7-9-20(25)10-8-18/h2-4,7-10,13,17,27H,5-6,11-12,14-15H2,1H3,(H2,26,28). The zero-order valence-electron chi connectivity index (χ0n) is 17.2. The minimum absolute atomic E-state index is 0.0415. The first-order valence-corrected chi connectivity index (χ1v) is 10.4. The highest BCUT2D eigenvalue weighted by atomic mass is 19.1. The van der Waals surface area contributed by atoms with E-state index in [1.807, 2.05) is 24.3 Å². The van der Waals surface area contributed by atoms with Crippen LogP contribution in [0.1, 0.15) is 26.2 Å². The summed E-state index contributed by atoms with van der Waals surface area (Å²) in [5.74, 6) is 0.952. The first-order chi connectivity index (χ1) is 14.5. The van der Waals surface area contributed by atoms with Gasteiger partial charge in [0.05, 0.1) is 12.2 Å². The van der Waals surface area contributed by atoms with Crippen LogP contribution in [0.15, 0.2) is 64.8 Å². The molecule has 1 fully saturated rings. The van der Waals surface area contributed by atoms with Crippen molar-refractivity contribution in [3.8, 4) is 11.1 Å². The van der Waals surface area contributed by atoms with Crippen LogP contribution in [-0.2, 0) is 4.79 Å². The largest absolute Gasteiger partial charge is 0.388 e. The van der Waals surface area contributed by atoms with E-state index < -0.39 is 0 Å². The molecule has 0 radical (unpaired) electrons. The molecular weight excluding hydrogens is 379 g/mol. The van der Waals surface area contributed by atoms with Crippen molar-refractivity contribution < 1.29 is 9.18 Å². The number of benzene rings is 2. The normalized spacial score (nSPS) is 17.3. The van der Waals surface area contributed by atoms with E-state index in [1.165, 1.54) is 25.0 Å². The fourth-order valence-electron chi connectivity index (χ4n) is 3.66. The average molecular weight is 407 g/mol. The molecule has 0 bridgehead atoms. The number of halogens is 1. The third-order valence-corrected chi connectivity index (χ3v) is 5.67. The lowest BCUT2D eigenvalue weighted by atomic mass is 10.0. The van der Waals surface area contributed by atoms with E-state index in [0.717, 1.165) is 47.0 Å². The number of nitrogens with one attached hydrogen (secondary N) is 1. The van der Waals surface area contributed by atoms with Crippen LogP contribution >= 0.6 is 0 Å². The third-order valence-electron chi connectivity index (χ3n) is 5.67. The molecule has 1 amide bonds. The Balaban J connectivity index is 1.61. The highest BCUT2D eigenvalue weighted by molar-refractivity contribution is 6.00. The summed E-state index contributed by atoms with van der Waals surface area (Å²) in [6, 6.07) is 14.1. The molecule has 1 heterocycles. The van der Waals surface area contributed by atoms with Crippen molar-refractivity contribution >= 4 is 17.4 Å². The maximum atomic E-state index is 13.2. The first kappa shape index (κ1) is 20.1. The molecule has 3 N–H and O–H groups in total. The van der Waals surface area contributed by atoms with Gasteiger partial charge in [-0.1, -0.05) is 24.3 Å². The van der Waals surface area contributed by atoms with Gasteiger partial charge in [-0.25, -0.2) is 9.38 Å². The van der Waals surface area contributed by atoms with Crippen LogP contribution in [0.5, 0.6) is 0 Å². The van der Waals surface area contributed by atoms with E-state index in [4.69, 9.17) is 5.73 Å². The molecule has 0 unspecified atom stereocenters. The fourth-order valence-corrected chi connectivity index (χ4v) is 3.66. The molecule has 1 aliphatic heterocycles. The molecule has 6 heteroatoms. The highest BCUT2D eigenvalue weighted by Crippen LogP contribution is 2.29. The zero-order valence-corrected chi connectivity index (χ0v) is 17.2. The van der Waals surface area contributed by atoms with Crippen molar-refractivity contribution in [2.75, 3.05) is 19.6 Å². The summed E-state index contributed by atoms with van der Waals surface area (Å²) in [6.07, 6.45) is 3.30. The average Bonchev–Trinajstić information content (AvgIpc) is 3.57. The lowest BCUT2D eigenvalue weighted by molar-refractivity contribution is -0.128. The first-order valence-electron chi connectivity index (χ1n) is 10.4. The predicted octanol–water partition coefficient (Wildman–Crippen LogP) is 3.99. The maximum Gasteiger partial charge on any atom is 0.219 e. The van der Waals surface area contributed by atoms with E-state index in [0.29, 0.717) is 18.9 Å². The Morgan fingerprint density at radius 1 is 1.20 bits per heavy atom. The number of amidine groups is 1. The second kappa shape index (κ2) is 8.69. The maximum absolute atomic E-state index is 13.2. The molecule has 156 valence electrons. The van der Waals surface area contributed by atoms with Gasteiger partial charge in [0.25, 0.3) is 0 Å². The van der Waals surface area contributed by atoms with Gasteiger partial charge in [-0.2, -0.15) is 0 Å². The minimum atomic E-state index is -0.261. The molecule has 0 aromatic heterocycles. The van der Waals surface area contributed by atoms with Gasteiger partial charge >= 0.3 is 0 Å². The van der Waals surface area contributed by atoms with Gasteiger partial charge in [0.2, 0.25) is 5.91 Å². The summed E-state index contributed by atoms with van der Waals surface area (Å²) >= 11 is 0. The molecule has 0 atom stereocenters. The molecule has 0 spiro atoms. The summed E-state index contributed by atoms with van der Waals surface area (Å²) in [5, 5.41) is 3.55. The molecule has 1 saturated carbocycles. The number of carbonyl (C=O) groups excluding carboxylic acids is 1. The fraction of sp³-hybridized carbons (Fsp3) is 0.333. The van der Waals surface area contributed by atoms with Crippen LogP contribution in [0.4, 0.5) is 10.1 Å². The molecule has 2 aromatic carbocycles. The number of nitrogens with zero attached hydrogens (tertiary/aromatic N) is 2. The van der Waals surface area contributed by atoms with E-state index in [9.17, 15) is 9.18 Å². The number of amides is 1. The number of carbonyl (C=O) groups is 1. The van der Waals surface area contributed by atoms with Crippen molar-refractivity contribution in [3.63, 3.8) is 0 Å².